The normalized spacial score (nSPS) is 13.9. The average Bonchev–Trinajstić information content (AvgIpc) is 2.46. The fourth-order valence-electron chi connectivity index (χ4n) is 1.71. The van der Waals surface area contributed by atoms with Gasteiger partial charge in [-0.25, -0.2) is 10.1 Å². The van der Waals surface area contributed by atoms with Crippen LogP contribution in [0.15, 0.2) is 54.6 Å². The van der Waals surface area contributed by atoms with Gasteiger partial charge in [-0.15, -0.1) is 0 Å². The minimum atomic E-state index is -3.54. The third-order valence-corrected chi connectivity index (χ3v) is 3.89. The van der Waals surface area contributed by atoms with Crippen molar-refractivity contribution in [2.24, 2.45) is 5.50 Å². The van der Waals surface area contributed by atoms with E-state index in [-0.39, 0.29) is 13.2 Å². The quantitative estimate of drug-likeness (QED) is 0.822. The number of hydrogen-bond acceptors (Lipinski definition) is 3. The molecule has 2 aromatic rings. The molecule has 0 aliphatic rings. The Morgan fingerprint density at radius 3 is 2.25 bits per heavy atom. The van der Waals surface area contributed by atoms with Gasteiger partial charge in [-0.05, 0) is 23.6 Å². The Morgan fingerprint density at radius 2 is 1.55 bits per heavy atom. The number of nitrogens with two attached hydrogens (primary N) is 1. The highest BCUT2D eigenvalue weighted by Crippen LogP contribution is 2.41. The topological polar surface area (TPSA) is 61.5 Å². The summed E-state index contributed by atoms with van der Waals surface area (Å²) in [5.74, 6) is 0. The molecule has 2 N–H and O–H groups in total. The molecule has 0 spiro atoms. The third kappa shape index (κ3) is 4.58. The summed E-state index contributed by atoms with van der Waals surface area (Å²) in [4.78, 5) is 0. The van der Waals surface area contributed by atoms with Crippen molar-refractivity contribution in [2.75, 3.05) is 0 Å². The number of benzene rings is 2. The van der Waals surface area contributed by atoms with Crippen molar-refractivity contribution in [3.8, 4) is 0 Å². The molecular weight excluding hydrogens is 273 g/mol. The molecule has 0 saturated heterocycles. The van der Waals surface area contributed by atoms with Crippen LogP contribution in [-0.4, -0.2) is 0 Å². The summed E-state index contributed by atoms with van der Waals surface area (Å²) in [6.07, 6.45) is 0. The van der Waals surface area contributed by atoms with Gasteiger partial charge in [0.1, 0.15) is 0 Å². The zero-order valence-electron chi connectivity index (χ0n) is 11.4. The highest BCUT2D eigenvalue weighted by atomic mass is 31.2. The Bertz CT molecular complexity index is 601. The van der Waals surface area contributed by atoms with E-state index in [1.807, 2.05) is 61.5 Å². The Labute approximate surface area is 119 Å². The molecular formula is C15H18NO3P. The highest BCUT2D eigenvalue weighted by Gasteiger charge is 2.18. The maximum Gasteiger partial charge on any atom is 0.403 e. The van der Waals surface area contributed by atoms with E-state index in [9.17, 15) is 4.57 Å². The summed E-state index contributed by atoms with van der Waals surface area (Å²) >= 11 is 0. The summed E-state index contributed by atoms with van der Waals surface area (Å²) in [6, 6.07) is 17.1. The first-order valence-corrected chi connectivity index (χ1v) is 7.94. The van der Waals surface area contributed by atoms with Crippen molar-refractivity contribution >= 4 is 7.75 Å². The first-order chi connectivity index (χ1) is 9.57. The van der Waals surface area contributed by atoms with Crippen LogP contribution in [0.2, 0.25) is 0 Å². The van der Waals surface area contributed by atoms with E-state index < -0.39 is 7.75 Å². The van der Waals surface area contributed by atoms with Gasteiger partial charge in [-0.2, -0.15) is 0 Å². The lowest BCUT2D eigenvalue weighted by atomic mass is 10.1. The molecule has 0 aromatic heterocycles. The van der Waals surface area contributed by atoms with Crippen LogP contribution in [0.25, 0.3) is 0 Å². The summed E-state index contributed by atoms with van der Waals surface area (Å²) in [6.45, 7) is 2.31. The lowest BCUT2D eigenvalue weighted by molar-refractivity contribution is 0.191. The largest absolute Gasteiger partial charge is 0.403 e. The fraction of sp³-hybridized carbons (Fsp3) is 0.200. The maximum absolute atomic E-state index is 12.0. The Hall–Kier alpha value is -1.45. The number of hydrogen-bond donors (Lipinski definition) is 1. The molecule has 2 aromatic carbocycles. The maximum atomic E-state index is 12.0. The van der Waals surface area contributed by atoms with Gasteiger partial charge < -0.3 is 0 Å². The van der Waals surface area contributed by atoms with Crippen molar-refractivity contribution in [3.05, 3.63) is 71.3 Å². The van der Waals surface area contributed by atoms with Gasteiger partial charge in [-0.3, -0.25) is 9.05 Å². The van der Waals surface area contributed by atoms with Crippen LogP contribution in [0.5, 0.6) is 0 Å². The summed E-state index contributed by atoms with van der Waals surface area (Å²) < 4.78 is 22.4. The van der Waals surface area contributed by atoms with Crippen LogP contribution in [0.3, 0.4) is 0 Å². The van der Waals surface area contributed by atoms with Gasteiger partial charge in [0.25, 0.3) is 0 Å². The van der Waals surface area contributed by atoms with Gasteiger partial charge in [-0.1, -0.05) is 54.6 Å². The molecule has 1 unspecified atom stereocenters. The molecule has 0 fully saturated rings. The van der Waals surface area contributed by atoms with Crippen molar-refractivity contribution in [3.63, 3.8) is 0 Å². The standard InChI is InChI=1S/C15H18NO3P/c1-13-7-5-6-10-15(13)12-19-20(16,17)18-11-14-8-3-2-4-9-14/h2-10H,11-12H2,1H3,(H2,16,17). The summed E-state index contributed by atoms with van der Waals surface area (Å²) in [5.41, 5.74) is 8.49. The van der Waals surface area contributed by atoms with E-state index >= 15 is 0 Å². The fourth-order valence-corrected chi connectivity index (χ4v) is 2.43. The van der Waals surface area contributed by atoms with Gasteiger partial charge in [0.15, 0.2) is 0 Å². The lowest BCUT2D eigenvalue weighted by Crippen LogP contribution is -2.05. The van der Waals surface area contributed by atoms with Gasteiger partial charge in [0.05, 0.1) is 13.2 Å². The van der Waals surface area contributed by atoms with Crippen LogP contribution in [0.4, 0.5) is 0 Å². The monoisotopic (exact) mass is 291 g/mol. The molecule has 0 amide bonds. The van der Waals surface area contributed by atoms with E-state index in [0.717, 1.165) is 16.7 Å². The average molecular weight is 291 g/mol. The molecule has 20 heavy (non-hydrogen) atoms. The van der Waals surface area contributed by atoms with Crippen molar-refractivity contribution < 1.29 is 13.6 Å². The first-order valence-electron chi connectivity index (χ1n) is 6.33. The molecule has 0 heterocycles. The molecule has 1 atom stereocenters. The van der Waals surface area contributed by atoms with Gasteiger partial charge >= 0.3 is 7.75 Å². The van der Waals surface area contributed by atoms with Crippen LogP contribution in [0, 0.1) is 6.92 Å². The van der Waals surface area contributed by atoms with E-state index in [4.69, 9.17) is 14.6 Å². The van der Waals surface area contributed by atoms with Crippen molar-refractivity contribution in [1.29, 1.82) is 0 Å². The highest BCUT2D eigenvalue weighted by molar-refractivity contribution is 7.51. The second-order valence-corrected chi connectivity index (χ2v) is 6.09. The van der Waals surface area contributed by atoms with E-state index in [2.05, 4.69) is 0 Å². The molecule has 2 rings (SSSR count). The second-order valence-electron chi connectivity index (χ2n) is 4.50. The predicted octanol–water partition coefficient (Wildman–Crippen LogP) is 3.80. The number of rotatable bonds is 6. The van der Waals surface area contributed by atoms with Crippen LogP contribution in [0.1, 0.15) is 16.7 Å². The zero-order chi connectivity index (χ0) is 14.4. The van der Waals surface area contributed by atoms with Crippen LogP contribution in [-0.2, 0) is 26.8 Å². The molecule has 106 valence electrons. The molecule has 0 aliphatic carbocycles. The third-order valence-electron chi connectivity index (χ3n) is 2.92. The Balaban J connectivity index is 1.88. The molecule has 4 nitrogen and oxygen atoms in total. The predicted molar refractivity (Wildman–Crippen MR) is 79.0 cm³/mol. The minimum Gasteiger partial charge on any atom is -0.292 e. The van der Waals surface area contributed by atoms with E-state index in [1.165, 1.54) is 0 Å². The summed E-state index contributed by atoms with van der Waals surface area (Å²) in [5, 5.41) is 0. The molecule has 0 saturated carbocycles. The molecule has 0 aliphatic heterocycles. The van der Waals surface area contributed by atoms with E-state index in [0.29, 0.717) is 0 Å². The smallest absolute Gasteiger partial charge is 0.292 e. The van der Waals surface area contributed by atoms with Gasteiger partial charge in [0.2, 0.25) is 0 Å². The Morgan fingerprint density at radius 1 is 0.950 bits per heavy atom. The van der Waals surface area contributed by atoms with Crippen molar-refractivity contribution in [1.82, 2.24) is 0 Å². The van der Waals surface area contributed by atoms with Crippen LogP contribution < -0.4 is 5.50 Å². The van der Waals surface area contributed by atoms with Gasteiger partial charge in [0, 0.05) is 0 Å². The molecule has 0 radical (unpaired) electrons. The number of aryl methyl sites for hydroxylation is 1. The van der Waals surface area contributed by atoms with Crippen LogP contribution >= 0.6 is 7.75 Å². The zero-order valence-corrected chi connectivity index (χ0v) is 12.3. The lowest BCUT2D eigenvalue weighted by Gasteiger charge is -2.14. The van der Waals surface area contributed by atoms with E-state index in [1.54, 1.807) is 0 Å². The second kappa shape index (κ2) is 6.82. The Kier molecular flexibility index (Phi) is 5.10. The van der Waals surface area contributed by atoms with Crippen molar-refractivity contribution in [2.45, 2.75) is 20.1 Å². The SMILES string of the molecule is Cc1ccccc1COP(N)(=O)OCc1ccccc1. The minimum absolute atomic E-state index is 0.169. The first kappa shape index (κ1) is 14.9. The molecule has 5 heteroatoms. The summed E-state index contributed by atoms with van der Waals surface area (Å²) in [7, 11) is -3.54. The molecule has 0 bridgehead atoms.